The van der Waals surface area contributed by atoms with Crippen LogP contribution in [0.1, 0.15) is 46.0 Å². The number of hydrogen-bond donors (Lipinski definition) is 0. The molecule has 2 aliphatic rings. The van der Waals surface area contributed by atoms with Gasteiger partial charge in [0.2, 0.25) is 5.91 Å². The van der Waals surface area contributed by atoms with Crippen molar-refractivity contribution in [3.8, 4) is 11.1 Å². The largest absolute Gasteiger partial charge is 0.446 e. The number of sulfone groups is 1. The van der Waals surface area contributed by atoms with E-state index in [1.807, 2.05) is 6.92 Å². The van der Waals surface area contributed by atoms with Crippen molar-refractivity contribution in [1.29, 1.82) is 0 Å². The molecule has 0 spiro atoms. The second-order valence-corrected chi connectivity index (χ2v) is 11.1. The molecule has 1 atom stereocenters. The number of hydrogen-bond acceptors (Lipinski definition) is 5. The third kappa shape index (κ3) is 4.80. The maximum Gasteiger partial charge on any atom is 0.414 e. The minimum absolute atomic E-state index is 0.122. The highest BCUT2D eigenvalue weighted by molar-refractivity contribution is 7.90. The molecule has 2 amide bonds. The highest BCUT2D eigenvalue weighted by Crippen LogP contribution is 2.40. The van der Waals surface area contributed by atoms with Gasteiger partial charge in [-0.05, 0) is 68.0 Å². The summed E-state index contributed by atoms with van der Waals surface area (Å²) >= 11 is 0. The molecule has 1 heterocycles. The average molecular weight is 489 g/mol. The predicted molar refractivity (Wildman–Crippen MR) is 128 cm³/mol. The summed E-state index contributed by atoms with van der Waals surface area (Å²) in [4.78, 5) is 28.4. The van der Waals surface area contributed by atoms with Crippen LogP contribution in [0.3, 0.4) is 0 Å². The number of halogens is 1. The fourth-order valence-electron chi connectivity index (χ4n) is 4.81. The minimum atomic E-state index is -3.76. The van der Waals surface area contributed by atoms with Crippen molar-refractivity contribution in [3.63, 3.8) is 0 Å². The van der Waals surface area contributed by atoms with E-state index in [4.69, 9.17) is 4.74 Å². The van der Waals surface area contributed by atoms with Crippen LogP contribution in [0.5, 0.6) is 0 Å². The van der Waals surface area contributed by atoms with Gasteiger partial charge in [0.05, 0.1) is 17.4 Å². The molecule has 34 heavy (non-hydrogen) atoms. The lowest BCUT2D eigenvalue weighted by Gasteiger charge is -2.41. The minimum Gasteiger partial charge on any atom is -0.446 e. The van der Waals surface area contributed by atoms with Gasteiger partial charge in [-0.1, -0.05) is 18.6 Å². The number of amides is 2. The first kappa shape index (κ1) is 24.2. The molecule has 1 fully saturated rings. The zero-order valence-corrected chi connectivity index (χ0v) is 20.4. The normalized spacial score (nSPS) is 19.0. The van der Waals surface area contributed by atoms with Crippen LogP contribution in [0.15, 0.2) is 41.3 Å². The van der Waals surface area contributed by atoms with Gasteiger partial charge >= 0.3 is 6.09 Å². The second-order valence-electron chi connectivity index (χ2n) is 9.11. The van der Waals surface area contributed by atoms with Gasteiger partial charge in [0, 0.05) is 19.7 Å². The third-order valence-electron chi connectivity index (χ3n) is 6.46. The van der Waals surface area contributed by atoms with Gasteiger partial charge in [-0.15, -0.1) is 0 Å². The Morgan fingerprint density at radius 3 is 2.29 bits per heavy atom. The van der Waals surface area contributed by atoms with Crippen molar-refractivity contribution in [2.24, 2.45) is 0 Å². The van der Waals surface area contributed by atoms with Crippen LogP contribution >= 0.6 is 0 Å². The summed E-state index contributed by atoms with van der Waals surface area (Å²) in [5.74, 6) is -0.971. The van der Waals surface area contributed by atoms with Crippen molar-refractivity contribution >= 4 is 33.2 Å². The molecule has 182 valence electrons. The molecule has 0 saturated heterocycles. The standard InChI is InChI=1S/C25H29FN2O5S/c1-16-15-27(25(30)33-20-7-5-4-6-8-20)23-13-18(10-12-22(23)28(16)17(2)29)19-9-11-21(26)24(14-19)34(3,31)32/h9-14,16,20H,4-8,15H2,1-3H3/t16-/m0/s1. The molecular formula is C25H29FN2O5S. The van der Waals surface area contributed by atoms with Crippen LogP contribution in [0.25, 0.3) is 11.1 Å². The van der Waals surface area contributed by atoms with Crippen LogP contribution in [0, 0.1) is 5.82 Å². The third-order valence-corrected chi connectivity index (χ3v) is 7.57. The van der Waals surface area contributed by atoms with Crippen LogP contribution in [-0.2, 0) is 19.4 Å². The van der Waals surface area contributed by atoms with E-state index in [1.54, 1.807) is 28.0 Å². The number of rotatable bonds is 3. The van der Waals surface area contributed by atoms with E-state index in [0.717, 1.165) is 44.4 Å². The Labute approximate surface area is 199 Å². The first-order valence-corrected chi connectivity index (χ1v) is 13.4. The second kappa shape index (κ2) is 9.37. The van der Waals surface area contributed by atoms with Crippen molar-refractivity contribution in [2.45, 2.75) is 63.0 Å². The number of carbonyl (C=O) groups is 2. The summed E-state index contributed by atoms with van der Waals surface area (Å²) in [5, 5.41) is 0. The van der Waals surface area contributed by atoms with E-state index in [9.17, 15) is 22.4 Å². The molecule has 9 heteroatoms. The molecule has 0 aromatic heterocycles. The Hall–Kier alpha value is -2.94. The van der Waals surface area contributed by atoms with E-state index < -0.39 is 26.6 Å². The van der Waals surface area contributed by atoms with Crippen molar-refractivity contribution in [2.75, 3.05) is 22.6 Å². The molecule has 2 aromatic rings. The first-order valence-electron chi connectivity index (χ1n) is 11.5. The molecule has 2 aromatic carbocycles. The van der Waals surface area contributed by atoms with Gasteiger partial charge in [0.25, 0.3) is 0 Å². The molecule has 4 rings (SSSR count). The van der Waals surface area contributed by atoms with Crippen molar-refractivity contribution in [3.05, 3.63) is 42.2 Å². The molecular weight excluding hydrogens is 459 g/mol. The number of ether oxygens (including phenoxy) is 1. The first-order chi connectivity index (χ1) is 16.1. The number of nitrogens with zero attached hydrogens (tertiary/aromatic N) is 2. The average Bonchev–Trinajstić information content (AvgIpc) is 2.78. The monoisotopic (exact) mass is 488 g/mol. The SMILES string of the molecule is CC(=O)N1c2ccc(-c3ccc(F)c(S(C)(=O)=O)c3)cc2N(C(=O)OC2CCCCC2)C[C@@H]1C. The van der Waals surface area contributed by atoms with Gasteiger partial charge in [0.15, 0.2) is 9.84 Å². The molecule has 1 aliphatic heterocycles. The van der Waals surface area contributed by atoms with Crippen LogP contribution in [-0.4, -0.2) is 45.4 Å². The topological polar surface area (TPSA) is 84.0 Å². The maximum absolute atomic E-state index is 14.1. The van der Waals surface area contributed by atoms with E-state index in [2.05, 4.69) is 0 Å². The number of carbonyl (C=O) groups excluding carboxylic acids is 2. The molecule has 7 nitrogen and oxygen atoms in total. The molecule has 0 N–H and O–H groups in total. The summed E-state index contributed by atoms with van der Waals surface area (Å²) in [6, 6.07) is 8.82. The quantitative estimate of drug-likeness (QED) is 0.612. The molecule has 1 aliphatic carbocycles. The van der Waals surface area contributed by atoms with Gasteiger partial charge in [-0.25, -0.2) is 17.6 Å². The van der Waals surface area contributed by atoms with E-state index in [1.165, 1.54) is 19.1 Å². The highest BCUT2D eigenvalue weighted by atomic mass is 32.2. The Morgan fingerprint density at radius 1 is 1.00 bits per heavy atom. The van der Waals surface area contributed by atoms with Crippen LogP contribution in [0.4, 0.5) is 20.6 Å². The smallest absolute Gasteiger partial charge is 0.414 e. The Bertz CT molecular complexity index is 1220. The lowest BCUT2D eigenvalue weighted by Crippen LogP contribution is -2.52. The van der Waals surface area contributed by atoms with E-state index in [0.29, 0.717) is 22.5 Å². The van der Waals surface area contributed by atoms with Gasteiger partial charge < -0.3 is 9.64 Å². The predicted octanol–water partition coefficient (Wildman–Crippen LogP) is 4.93. The molecule has 0 bridgehead atoms. The van der Waals surface area contributed by atoms with Gasteiger partial charge in [-0.2, -0.15) is 0 Å². The Kier molecular flexibility index (Phi) is 6.66. The summed E-state index contributed by atoms with van der Waals surface area (Å²) in [5.41, 5.74) is 2.15. The summed E-state index contributed by atoms with van der Waals surface area (Å²) in [7, 11) is -3.76. The lowest BCUT2D eigenvalue weighted by molar-refractivity contribution is -0.117. The molecule has 1 saturated carbocycles. The van der Waals surface area contributed by atoms with E-state index >= 15 is 0 Å². The highest BCUT2D eigenvalue weighted by Gasteiger charge is 2.35. The Morgan fingerprint density at radius 2 is 1.65 bits per heavy atom. The van der Waals surface area contributed by atoms with Gasteiger partial charge in [0.1, 0.15) is 16.8 Å². The number of fused-ring (bicyclic) bond motifs is 1. The maximum atomic E-state index is 14.1. The Balaban J connectivity index is 1.76. The van der Waals surface area contributed by atoms with Crippen LogP contribution in [0.2, 0.25) is 0 Å². The number of anilines is 2. The fourth-order valence-corrected chi connectivity index (χ4v) is 5.58. The van der Waals surface area contributed by atoms with Crippen molar-refractivity contribution in [1.82, 2.24) is 0 Å². The van der Waals surface area contributed by atoms with E-state index in [-0.39, 0.29) is 24.6 Å². The zero-order valence-electron chi connectivity index (χ0n) is 19.6. The molecule has 0 unspecified atom stereocenters. The zero-order chi connectivity index (χ0) is 24.6. The summed E-state index contributed by atoms with van der Waals surface area (Å²) < 4.78 is 43.9. The van der Waals surface area contributed by atoms with Gasteiger partial charge in [-0.3, -0.25) is 9.69 Å². The lowest BCUT2D eigenvalue weighted by atomic mass is 9.98. The summed E-state index contributed by atoms with van der Waals surface area (Å²) in [6.07, 6.45) is 5.25. The van der Waals surface area contributed by atoms with Crippen LogP contribution < -0.4 is 9.80 Å². The number of benzene rings is 2. The summed E-state index contributed by atoms with van der Waals surface area (Å²) in [6.45, 7) is 3.61. The van der Waals surface area contributed by atoms with Crippen molar-refractivity contribution < 1.29 is 27.1 Å². The fraction of sp³-hybridized carbons (Fsp3) is 0.440. The molecule has 0 radical (unpaired) electrons.